The van der Waals surface area contributed by atoms with Crippen LogP contribution in [0.15, 0.2) is 81.2 Å². The Morgan fingerprint density at radius 3 is 2.68 bits per heavy atom. The number of thiol groups is 1. The number of esters is 1. The molecule has 0 atom stereocenters. The number of carbonyl (C=O) groups excluding carboxylic acids is 1. The number of hydrogen-bond donors (Lipinski definition) is 1. The van der Waals surface area contributed by atoms with E-state index in [0.717, 1.165) is 9.69 Å². The van der Waals surface area contributed by atoms with Gasteiger partial charge in [0.05, 0.1) is 23.4 Å². The van der Waals surface area contributed by atoms with E-state index in [1.165, 1.54) is 31.1 Å². The predicted octanol–water partition coefficient (Wildman–Crippen LogP) is 5.08. The van der Waals surface area contributed by atoms with Crippen LogP contribution in [0.25, 0.3) is 11.0 Å². The second-order valence-electron chi connectivity index (χ2n) is 6.27. The van der Waals surface area contributed by atoms with Gasteiger partial charge in [0.1, 0.15) is 10.6 Å². The molecule has 0 fully saturated rings. The van der Waals surface area contributed by atoms with Crippen molar-refractivity contribution in [3.8, 4) is 0 Å². The summed E-state index contributed by atoms with van der Waals surface area (Å²) in [6, 6.07) is 17.1. The highest BCUT2D eigenvalue weighted by Crippen LogP contribution is 2.40. The number of halogens is 1. The third-order valence-electron chi connectivity index (χ3n) is 4.28. The Balaban J connectivity index is 1.79. The number of para-hydroxylation sites is 1. The lowest BCUT2D eigenvalue weighted by molar-refractivity contribution is 0.0600. The molecule has 7 nitrogen and oxygen atoms in total. The van der Waals surface area contributed by atoms with E-state index < -0.39 is 16.9 Å². The monoisotopic (exact) mass is 474 g/mol. The van der Waals surface area contributed by atoms with Gasteiger partial charge in [0.15, 0.2) is 0 Å². The molecule has 0 amide bonds. The van der Waals surface area contributed by atoms with E-state index in [2.05, 4.69) is 4.98 Å². The predicted molar refractivity (Wildman–Crippen MR) is 120 cm³/mol. The standard InChI is InChI=1S/C21H15ClN2O5S2/c1-28-21(25)14-6-4-7-16(9-14)30-20-17(11-15(22)12-23-20)24(31(26)27)19-10-13-5-2-3-8-18(13)29-19/h2-12,31H,1H3. The highest BCUT2D eigenvalue weighted by atomic mass is 35.5. The fourth-order valence-electron chi connectivity index (χ4n) is 2.92. The summed E-state index contributed by atoms with van der Waals surface area (Å²) in [6.07, 6.45) is 1.42. The molecule has 0 radical (unpaired) electrons. The Kier molecular flexibility index (Phi) is 6.17. The molecule has 10 heteroatoms. The first-order chi connectivity index (χ1) is 15.0. The number of nitrogens with zero attached hydrogens (tertiary/aromatic N) is 2. The third kappa shape index (κ3) is 4.53. The van der Waals surface area contributed by atoms with Crippen molar-refractivity contribution in [2.75, 3.05) is 11.4 Å². The third-order valence-corrected chi connectivity index (χ3v) is 6.22. The van der Waals surface area contributed by atoms with E-state index in [4.69, 9.17) is 20.8 Å². The van der Waals surface area contributed by atoms with Gasteiger partial charge in [-0.3, -0.25) is 0 Å². The molecule has 0 aliphatic rings. The average Bonchev–Trinajstić information content (AvgIpc) is 3.18. The van der Waals surface area contributed by atoms with Crippen LogP contribution < -0.4 is 4.31 Å². The molecule has 2 aromatic carbocycles. The van der Waals surface area contributed by atoms with Crippen molar-refractivity contribution in [2.24, 2.45) is 0 Å². The van der Waals surface area contributed by atoms with E-state index in [9.17, 15) is 13.2 Å². The van der Waals surface area contributed by atoms with Gasteiger partial charge in [0.2, 0.25) is 16.8 Å². The molecule has 31 heavy (non-hydrogen) atoms. The first-order valence-corrected chi connectivity index (χ1v) is 11.2. The Labute approximate surface area is 188 Å². The minimum Gasteiger partial charge on any atom is -0.465 e. The SMILES string of the molecule is COC(=O)c1cccc(Sc2ncc(Cl)cc2N(c2cc3ccccc3o2)[SH](=O)=O)c1. The number of pyridine rings is 1. The van der Waals surface area contributed by atoms with Gasteiger partial charge in [0, 0.05) is 22.5 Å². The van der Waals surface area contributed by atoms with E-state index >= 15 is 0 Å². The molecule has 2 heterocycles. The first-order valence-electron chi connectivity index (χ1n) is 8.91. The van der Waals surface area contributed by atoms with Gasteiger partial charge < -0.3 is 9.15 Å². The van der Waals surface area contributed by atoms with Crippen molar-refractivity contribution >= 4 is 62.8 Å². The molecule has 4 aromatic rings. The second kappa shape index (κ2) is 9.01. The number of anilines is 2. The number of hydrogen-bond acceptors (Lipinski definition) is 7. The van der Waals surface area contributed by atoms with Crippen molar-refractivity contribution in [3.05, 3.63) is 77.4 Å². The molecule has 4 rings (SSSR count). The normalized spacial score (nSPS) is 11.1. The number of aromatic nitrogens is 1. The number of fused-ring (bicyclic) bond motifs is 1. The van der Waals surface area contributed by atoms with Gasteiger partial charge in [-0.15, -0.1) is 0 Å². The van der Waals surface area contributed by atoms with Crippen molar-refractivity contribution in [1.82, 2.24) is 4.98 Å². The Morgan fingerprint density at radius 2 is 1.94 bits per heavy atom. The number of ether oxygens (including phenoxy) is 1. The van der Waals surface area contributed by atoms with Crippen LogP contribution in [0, 0.1) is 0 Å². The van der Waals surface area contributed by atoms with Gasteiger partial charge >= 0.3 is 5.97 Å². The summed E-state index contributed by atoms with van der Waals surface area (Å²) in [4.78, 5) is 16.8. The maximum Gasteiger partial charge on any atom is 0.337 e. The van der Waals surface area contributed by atoms with Crippen LogP contribution >= 0.6 is 23.4 Å². The van der Waals surface area contributed by atoms with Gasteiger partial charge in [0.25, 0.3) is 0 Å². The van der Waals surface area contributed by atoms with E-state index in [1.807, 2.05) is 12.1 Å². The molecule has 0 saturated carbocycles. The highest BCUT2D eigenvalue weighted by Gasteiger charge is 2.22. The lowest BCUT2D eigenvalue weighted by Crippen LogP contribution is -2.15. The van der Waals surface area contributed by atoms with Crippen LogP contribution in [-0.4, -0.2) is 26.5 Å². The molecule has 0 aliphatic carbocycles. The summed E-state index contributed by atoms with van der Waals surface area (Å²) in [5.74, 6) is -0.357. The van der Waals surface area contributed by atoms with Gasteiger partial charge in [-0.25, -0.2) is 22.5 Å². The van der Waals surface area contributed by atoms with Gasteiger partial charge in [-0.2, -0.15) is 0 Å². The summed E-state index contributed by atoms with van der Waals surface area (Å²) < 4.78 is 36.0. The maximum atomic E-state index is 12.2. The van der Waals surface area contributed by atoms with Crippen molar-refractivity contribution in [3.63, 3.8) is 0 Å². The van der Waals surface area contributed by atoms with Crippen molar-refractivity contribution < 1.29 is 22.4 Å². The Morgan fingerprint density at radius 1 is 1.13 bits per heavy atom. The molecule has 0 unspecified atom stereocenters. The molecular formula is C21H15ClN2O5S2. The summed E-state index contributed by atoms with van der Waals surface area (Å²) >= 11 is 7.32. The number of rotatable bonds is 6. The fourth-order valence-corrected chi connectivity index (χ4v) is 4.65. The minimum absolute atomic E-state index is 0.117. The Hall–Kier alpha value is -3.01. The second-order valence-corrected chi connectivity index (χ2v) is 8.65. The number of carbonyl (C=O) groups is 1. The van der Waals surface area contributed by atoms with Gasteiger partial charge in [-0.05, 0) is 30.3 Å². The zero-order valence-corrected chi connectivity index (χ0v) is 18.5. The summed E-state index contributed by atoms with van der Waals surface area (Å²) in [7, 11) is -1.82. The lowest BCUT2D eigenvalue weighted by Gasteiger charge is -2.17. The molecule has 2 aromatic heterocycles. The van der Waals surface area contributed by atoms with E-state index in [-0.39, 0.29) is 16.6 Å². The van der Waals surface area contributed by atoms with Crippen LogP contribution in [0.1, 0.15) is 10.4 Å². The molecule has 0 saturated heterocycles. The van der Waals surface area contributed by atoms with Crippen LogP contribution in [-0.2, 0) is 15.6 Å². The van der Waals surface area contributed by atoms with Crippen molar-refractivity contribution in [1.29, 1.82) is 0 Å². The zero-order chi connectivity index (χ0) is 22.0. The zero-order valence-electron chi connectivity index (χ0n) is 16.0. The van der Waals surface area contributed by atoms with Crippen LogP contribution in [0.4, 0.5) is 11.6 Å². The average molecular weight is 475 g/mol. The van der Waals surface area contributed by atoms with Gasteiger partial charge in [-0.1, -0.05) is 47.6 Å². The topological polar surface area (TPSA) is 89.7 Å². The van der Waals surface area contributed by atoms with E-state index in [0.29, 0.717) is 21.1 Å². The molecule has 0 N–H and O–H groups in total. The molecule has 158 valence electrons. The quantitative estimate of drug-likeness (QED) is 0.307. The number of benzene rings is 2. The molecule has 0 bridgehead atoms. The summed E-state index contributed by atoms with van der Waals surface area (Å²) in [5.41, 5.74) is 1.15. The largest absolute Gasteiger partial charge is 0.465 e. The van der Waals surface area contributed by atoms with Crippen LogP contribution in [0.5, 0.6) is 0 Å². The molecule has 0 aliphatic heterocycles. The maximum absolute atomic E-state index is 12.2. The van der Waals surface area contributed by atoms with Crippen LogP contribution in [0.2, 0.25) is 5.02 Å². The van der Waals surface area contributed by atoms with Crippen molar-refractivity contribution in [2.45, 2.75) is 9.92 Å². The molecule has 0 spiro atoms. The summed E-state index contributed by atoms with van der Waals surface area (Å²) in [5, 5.41) is 1.39. The van der Waals surface area contributed by atoms with Crippen LogP contribution in [0.3, 0.4) is 0 Å². The lowest BCUT2D eigenvalue weighted by atomic mass is 10.2. The van der Waals surface area contributed by atoms with E-state index in [1.54, 1.807) is 42.5 Å². The Bertz CT molecular complexity index is 1310. The number of methoxy groups -OCH3 is 1. The smallest absolute Gasteiger partial charge is 0.337 e. The summed E-state index contributed by atoms with van der Waals surface area (Å²) in [6.45, 7) is 0. The fraction of sp³-hybridized carbons (Fsp3) is 0.0476. The molecular weight excluding hydrogens is 460 g/mol. The minimum atomic E-state index is -3.12. The highest BCUT2D eigenvalue weighted by molar-refractivity contribution is 7.99. The first kappa shape index (κ1) is 21.2. The number of furan rings is 1.